The van der Waals surface area contributed by atoms with E-state index in [-0.39, 0.29) is 12.8 Å². The molecule has 0 aliphatic heterocycles. The first-order valence-electron chi connectivity index (χ1n) is 11.2. The summed E-state index contributed by atoms with van der Waals surface area (Å²) in [5.74, 6) is -1.40. The number of primary amides is 1. The van der Waals surface area contributed by atoms with Crippen LogP contribution in [0.4, 0.5) is 4.39 Å². The van der Waals surface area contributed by atoms with Gasteiger partial charge in [-0.3, -0.25) is 14.4 Å². The number of nitrogens with one attached hydrogen (secondary N) is 2. The standard InChI is InChI=1S/C27H28FN3O4/c1-18(32)30-25(16-19-7-11-22(28)12-8-19)27(34)31-24(26(29)33)15-20-9-13-23(14-10-20)35-17-21-5-3-2-4-6-21/h2-14,24-25H,15-17H2,1H3,(H2,29,33)(H,30,32)(H,31,34)/t24-,25+/m1/s1. The third kappa shape index (κ3) is 8.26. The van der Waals surface area contributed by atoms with Crippen molar-refractivity contribution in [1.29, 1.82) is 0 Å². The minimum absolute atomic E-state index is 0.130. The van der Waals surface area contributed by atoms with Gasteiger partial charge in [-0.1, -0.05) is 54.6 Å². The van der Waals surface area contributed by atoms with Crippen LogP contribution in [0, 0.1) is 5.82 Å². The van der Waals surface area contributed by atoms with E-state index in [1.165, 1.54) is 31.2 Å². The molecule has 3 aromatic rings. The number of benzene rings is 3. The average Bonchev–Trinajstić information content (AvgIpc) is 2.84. The summed E-state index contributed by atoms with van der Waals surface area (Å²) in [6.07, 6.45) is 0.300. The van der Waals surface area contributed by atoms with Gasteiger partial charge in [-0.2, -0.15) is 0 Å². The second-order valence-corrected chi connectivity index (χ2v) is 8.17. The maximum Gasteiger partial charge on any atom is 0.243 e. The summed E-state index contributed by atoms with van der Waals surface area (Å²) in [4.78, 5) is 36.6. The SMILES string of the molecule is CC(=O)N[C@@H](Cc1ccc(F)cc1)C(=O)N[C@H](Cc1ccc(OCc2ccccc2)cc1)C(N)=O. The fraction of sp³-hybridized carbons (Fsp3) is 0.222. The molecule has 0 bridgehead atoms. The van der Waals surface area contributed by atoms with Crippen LogP contribution in [0.5, 0.6) is 5.75 Å². The number of hydrogen-bond acceptors (Lipinski definition) is 4. The van der Waals surface area contributed by atoms with Crippen LogP contribution in [-0.4, -0.2) is 29.8 Å². The van der Waals surface area contributed by atoms with Crippen molar-refractivity contribution in [3.05, 3.63) is 101 Å². The minimum atomic E-state index is -0.983. The summed E-state index contributed by atoms with van der Waals surface area (Å²) in [6, 6.07) is 20.6. The molecule has 0 aliphatic rings. The molecule has 0 unspecified atom stereocenters. The first kappa shape index (κ1) is 25.4. The molecule has 0 radical (unpaired) electrons. The molecule has 3 aromatic carbocycles. The normalized spacial score (nSPS) is 12.3. The van der Waals surface area contributed by atoms with Gasteiger partial charge in [0, 0.05) is 19.8 Å². The van der Waals surface area contributed by atoms with Gasteiger partial charge in [0.15, 0.2) is 0 Å². The zero-order valence-electron chi connectivity index (χ0n) is 19.4. The van der Waals surface area contributed by atoms with E-state index in [0.29, 0.717) is 17.9 Å². The summed E-state index contributed by atoms with van der Waals surface area (Å²) in [5, 5.41) is 5.20. The van der Waals surface area contributed by atoms with Crippen molar-refractivity contribution < 1.29 is 23.5 Å². The fourth-order valence-corrected chi connectivity index (χ4v) is 3.50. The van der Waals surface area contributed by atoms with Crippen molar-refractivity contribution in [3.63, 3.8) is 0 Å². The van der Waals surface area contributed by atoms with Gasteiger partial charge in [0.05, 0.1) is 0 Å². The maximum absolute atomic E-state index is 13.2. The Hall–Kier alpha value is -4.20. The van der Waals surface area contributed by atoms with Crippen LogP contribution in [0.15, 0.2) is 78.9 Å². The van der Waals surface area contributed by atoms with Gasteiger partial charge in [-0.05, 0) is 41.0 Å². The second kappa shape index (κ2) is 12.3. The Morgan fingerprint density at radius 2 is 1.37 bits per heavy atom. The molecule has 8 heteroatoms. The van der Waals surface area contributed by atoms with Crippen LogP contribution in [0.25, 0.3) is 0 Å². The van der Waals surface area contributed by atoms with E-state index in [1.54, 1.807) is 24.3 Å². The molecule has 0 saturated carbocycles. The van der Waals surface area contributed by atoms with Crippen LogP contribution in [0.2, 0.25) is 0 Å². The predicted molar refractivity (Wildman–Crippen MR) is 130 cm³/mol. The lowest BCUT2D eigenvalue weighted by atomic mass is 10.0. The van der Waals surface area contributed by atoms with Crippen molar-refractivity contribution in [2.45, 2.75) is 38.5 Å². The van der Waals surface area contributed by atoms with Gasteiger partial charge in [0.1, 0.15) is 30.3 Å². The Bertz CT molecular complexity index is 1140. The van der Waals surface area contributed by atoms with Crippen molar-refractivity contribution in [2.24, 2.45) is 5.73 Å². The molecule has 3 rings (SSSR count). The van der Waals surface area contributed by atoms with Crippen LogP contribution in [0.1, 0.15) is 23.6 Å². The molecule has 3 amide bonds. The van der Waals surface area contributed by atoms with Crippen molar-refractivity contribution >= 4 is 17.7 Å². The number of ether oxygens (including phenoxy) is 1. The van der Waals surface area contributed by atoms with Crippen molar-refractivity contribution in [2.75, 3.05) is 0 Å². The third-order valence-electron chi connectivity index (χ3n) is 5.32. The van der Waals surface area contributed by atoms with E-state index in [1.807, 2.05) is 30.3 Å². The highest BCUT2D eigenvalue weighted by molar-refractivity contribution is 5.91. The van der Waals surface area contributed by atoms with Gasteiger partial charge >= 0.3 is 0 Å². The number of rotatable bonds is 11. The largest absolute Gasteiger partial charge is 0.489 e. The molecule has 2 atom stereocenters. The van der Waals surface area contributed by atoms with Gasteiger partial charge in [-0.25, -0.2) is 4.39 Å². The first-order valence-corrected chi connectivity index (χ1v) is 11.2. The summed E-state index contributed by atoms with van der Waals surface area (Å²) < 4.78 is 19.0. The van der Waals surface area contributed by atoms with E-state index in [9.17, 15) is 18.8 Å². The van der Waals surface area contributed by atoms with E-state index in [0.717, 1.165) is 11.1 Å². The van der Waals surface area contributed by atoms with Crippen LogP contribution < -0.4 is 21.1 Å². The summed E-state index contributed by atoms with van der Waals surface area (Å²) >= 11 is 0. The lowest BCUT2D eigenvalue weighted by Crippen LogP contribution is -2.54. The Balaban J connectivity index is 1.62. The number of carbonyl (C=O) groups excluding carboxylic acids is 3. The molecule has 4 N–H and O–H groups in total. The lowest BCUT2D eigenvalue weighted by molar-refractivity contribution is -0.130. The Morgan fingerprint density at radius 3 is 1.94 bits per heavy atom. The van der Waals surface area contributed by atoms with E-state index in [4.69, 9.17) is 10.5 Å². The molecule has 0 fully saturated rings. The zero-order valence-corrected chi connectivity index (χ0v) is 19.4. The molecule has 35 heavy (non-hydrogen) atoms. The first-order chi connectivity index (χ1) is 16.8. The molecular formula is C27H28FN3O4. The number of hydrogen-bond donors (Lipinski definition) is 3. The molecule has 182 valence electrons. The Labute approximate surface area is 203 Å². The monoisotopic (exact) mass is 477 g/mol. The topological polar surface area (TPSA) is 111 Å². The molecule has 7 nitrogen and oxygen atoms in total. The predicted octanol–water partition coefficient (Wildman–Crippen LogP) is 2.66. The van der Waals surface area contributed by atoms with Gasteiger partial charge in [0.2, 0.25) is 17.7 Å². The molecular weight excluding hydrogens is 449 g/mol. The fourth-order valence-electron chi connectivity index (χ4n) is 3.50. The second-order valence-electron chi connectivity index (χ2n) is 8.17. The highest BCUT2D eigenvalue weighted by Crippen LogP contribution is 2.16. The summed E-state index contributed by atoms with van der Waals surface area (Å²) in [7, 11) is 0. The van der Waals surface area contributed by atoms with Gasteiger partial charge < -0.3 is 21.1 Å². The van der Waals surface area contributed by atoms with E-state index >= 15 is 0 Å². The van der Waals surface area contributed by atoms with Crippen LogP contribution >= 0.6 is 0 Å². The van der Waals surface area contributed by atoms with E-state index < -0.39 is 35.6 Å². The van der Waals surface area contributed by atoms with Crippen molar-refractivity contribution in [1.82, 2.24) is 10.6 Å². The minimum Gasteiger partial charge on any atom is -0.489 e. The Kier molecular flexibility index (Phi) is 8.95. The van der Waals surface area contributed by atoms with Gasteiger partial charge in [-0.15, -0.1) is 0 Å². The molecule has 0 spiro atoms. The van der Waals surface area contributed by atoms with Crippen LogP contribution in [0.3, 0.4) is 0 Å². The maximum atomic E-state index is 13.2. The molecule has 0 heterocycles. The highest BCUT2D eigenvalue weighted by atomic mass is 19.1. The molecule has 0 aliphatic carbocycles. The smallest absolute Gasteiger partial charge is 0.243 e. The number of halogens is 1. The summed E-state index contributed by atoms with van der Waals surface area (Å²) in [5.41, 5.74) is 8.01. The quantitative estimate of drug-likeness (QED) is 0.394. The number of carbonyl (C=O) groups is 3. The van der Waals surface area contributed by atoms with Crippen LogP contribution in [-0.2, 0) is 33.8 Å². The van der Waals surface area contributed by atoms with Crippen molar-refractivity contribution in [3.8, 4) is 5.75 Å². The lowest BCUT2D eigenvalue weighted by Gasteiger charge is -2.22. The highest BCUT2D eigenvalue weighted by Gasteiger charge is 2.25. The molecule has 0 aromatic heterocycles. The summed E-state index contributed by atoms with van der Waals surface area (Å²) in [6.45, 7) is 1.72. The number of nitrogens with two attached hydrogens (primary N) is 1. The Morgan fingerprint density at radius 1 is 0.800 bits per heavy atom. The number of amides is 3. The zero-order chi connectivity index (χ0) is 25.2. The third-order valence-corrected chi connectivity index (χ3v) is 5.32. The van der Waals surface area contributed by atoms with Gasteiger partial charge in [0.25, 0.3) is 0 Å². The average molecular weight is 478 g/mol. The molecule has 0 saturated heterocycles. The van der Waals surface area contributed by atoms with E-state index in [2.05, 4.69) is 10.6 Å².